The normalized spacial score (nSPS) is 10.4. The number of nitrogens with one attached hydrogen (secondary N) is 2. The summed E-state index contributed by atoms with van der Waals surface area (Å²) in [5, 5.41) is 2.57. The lowest BCUT2D eigenvalue weighted by Gasteiger charge is -2.10. The van der Waals surface area contributed by atoms with Crippen LogP contribution < -0.4 is 22.3 Å². The van der Waals surface area contributed by atoms with E-state index in [-0.39, 0.29) is 0 Å². The average Bonchev–Trinajstić information content (AvgIpc) is 2.40. The number of aromatic nitrogens is 2. The maximum atomic E-state index is 13.1. The summed E-state index contributed by atoms with van der Waals surface area (Å²) in [6.45, 7) is 1.35. The van der Waals surface area contributed by atoms with Crippen LogP contribution in [0, 0.1) is 12.7 Å². The molecule has 0 aliphatic rings. The molecular weight excluding hydrogens is 279 g/mol. The smallest absolute Gasteiger partial charge is 0.328 e. The van der Waals surface area contributed by atoms with Crippen LogP contribution in [0.2, 0.25) is 0 Å². The van der Waals surface area contributed by atoms with Gasteiger partial charge < -0.3 is 11.1 Å². The molecule has 21 heavy (non-hydrogen) atoms. The maximum Gasteiger partial charge on any atom is 0.328 e. The first-order chi connectivity index (χ1) is 9.86. The van der Waals surface area contributed by atoms with E-state index in [1.165, 1.54) is 0 Å². The highest BCUT2D eigenvalue weighted by Gasteiger charge is 2.09. The van der Waals surface area contributed by atoms with E-state index in [9.17, 15) is 18.8 Å². The highest BCUT2D eigenvalue weighted by atomic mass is 19.1. The highest BCUT2D eigenvalue weighted by Crippen LogP contribution is 2.17. The van der Waals surface area contributed by atoms with E-state index in [0.717, 1.165) is 10.1 Å². The zero-order valence-electron chi connectivity index (χ0n) is 11.1. The number of amides is 1. The van der Waals surface area contributed by atoms with Crippen molar-refractivity contribution in [2.45, 2.75) is 13.5 Å². The number of carbonyl (C=O) groups is 1. The molecule has 0 saturated heterocycles. The Morgan fingerprint density at radius 3 is 2.86 bits per heavy atom. The quantitative estimate of drug-likeness (QED) is 0.702. The molecule has 8 heteroatoms. The summed E-state index contributed by atoms with van der Waals surface area (Å²) in [7, 11) is 0. The lowest BCUT2D eigenvalue weighted by atomic mass is 10.2. The van der Waals surface area contributed by atoms with Crippen molar-refractivity contribution in [3.63, 3.8) is 0 Å². The molecule has 0 saturated carbocycles. The van der Waals surface area contributed by atoms with Gasteiger partial charge in [-0.25, -0.2) is 4.79 Å². The molecule has 0 bridgehead atoms. The SMILES string of the molecule is Cc1ccc(N)cc1NC(=O)Cn1cc(F)c(=O)[nH]c1=O. The molecule has 1 aromatic heterocycles. The Labute approximate surface area is 118 Å². The number of aryl methyl sites for hydroxylation is 1. The van der Waals surface area contributed by atoms with Gasteiger partial charge in [0, 0.05) is 11.4 Å². The van der Waals surface area contributed by atoms with Crippen molar-refractivity contribution in [3.05, 3.63) is 56.6 Å². The third-order valence-corrected chi connectivity index (χ3v) is 2.82. The molecule has 0 unspecified atom stereocenters. The van der Waals surface area contributed by atoms with Gasteiger partial charge in [-0.05, 0) is 24.6 Å². The number of H-pyrrole nitrogens is 1. The number of nitrogens with zero attached hydrogens (tertiary/aromatic N) is 1. The lowest BCUT2D eigenvalue weighted by molar-refractivity contribution is -0.116. The summed E-state index contributed by atoms with van der Waals surface area (Å²) in [4.78, 5) is 36.0. The summed E-state index contributed by atoms with van der Waals surface area (Å²) in [5.41, 5.74) is 5.40. The average molecular weight is 292 g/mol. The van der Waals surface area contributed by atoms with Gasteiger partial charge in [0.15, 0.2) is 0 Å². The van der Waals surface area contributed by atoms with Gasteiger partial charge in [-0.15, -0.1) is 0 Å². The van der Waals surface area contributed by atoms with Crippen molar-refractivity contribution in [3.8, 4) is 0 Å². The van der Waals surface area contributed by atoms with Gasteiger partial charge in [0.05, 0.1) is 6.20 Å². The van der Waals surface area contributed by atoms with E-state index < -0.39 is 29.5 Å². The molecule has 1 aromatic carbocycles. The summed E-state index contributed by atoms with van der Waals surface area (Å²) in [5.74, 6) is -1.68. The van der Waals surface area contributed by atoms with E-state index in [4.69, 9.17) is 5.73 Å². The van der Waals surface area contributed by atoms with E-state index in [1.54, 1.807) is 30.1 Å². The zero-order chi connectivity index (χ0) is 15.6. The maximum absolute atomic E-state index is 13.1. The van der Waals surface area contributed by atoms with Crippen molar-refractivity contribution < 1.29 is 9.18 Å². The van der Waals surface area contributed by atoms with Crippen molar-refractivity contribution in [2.24, 2.45) is 0 Å². The predicted octanol–water partition coefficient (Wildman–Crippen LogP) is 0.205. The first kappa shape index (κ1) is 14.5. The fourth-order valence-corrected chi connectivity index (χ4v) is 1.72. The number of aromatic amines is 1. The van der Waals surface area contributed by atoms with Crippen molar-refractivity contribution in [1.82, 2.24) is 9.55 Å². The minimum Gasteiger partial charge on any atom is -0.399 e. The minimum absolute atomic E-state index is 0.430. The number of hydrogen-bond acceptors (Lipinski definition) is 4. The molecule has 0 aliphatic carbocycles. The second-order valence-electron chi connectivity index (χ2n) is 4.49. The Bertz CT molecular complexity index is 810. The van der Waals surface area contributed by atoms with Crippen LogP contribution in [0.3, 0.4) is 0 Å². The molecule has 2 aromatic rings. The molecule has 0 radical (unpaired) electrons. The molecular formula is C13H13FN4O3. The minimum atomic E-state index is -1.14. The summed E-state index contributed by atoms with van der Waals surface area (Å²) in [6.07, 6.45) is 0.687. The fraction of sp³-hybridized carbons (Fsp3) is 0.154. The van der Waals surface area contributed by atoms with Gasteiger partial charge in [0.25, 0.3) is 5.56 Å². The van der Waals surface area contributed by atoms with Crippen LogP contribution in [0.15, 0.2) is 34.0 Å². The Morgan fingerprint density at radius 2 is 2.14 bits per heavy atom. The fourth-order valence-electron chi connectivity index (χ4n) is 1.72. The number of anilines is 2. The van der Waals surface area contributed by atoms with Crippen LogP contribution in [0.25, 0.3) is 0 Å². The number of carbonyl (C=O) groups excluding carboxylic acids is 1. The lowest BCUT2D eigenvalue weighted by Crippen LogP contribution is -2.34. The Balaban J connectivity index is 2.19. The molecule has 4 N–H and O–H groups in total. The number of nitrogens with two attached hydrogens (primary N) is 1. The second-order valence-corrected chi connectivity index (χ2v) is 4.49. The summed E-state index contributed by atoms with van der Waals surface area (Å²) < 4.78 is 13.9. The third-order valence-electron chi connectivity index (χ3n) is 2.82. The third kappa shape index (κ3) is 3.35. The molecule has 1 amide bonds. The molecule has 2 rings (SSSR count). The predicted molar refractivity (Wildman–Crippen MR) is 75.5 cm³/mol. The highest BCUT2D eigenvalue weighted by molar-refractivity contribution is 5.91. The zero-order valence-corrected chi connectivity index (χ0v) is 11.1. The summed E-state index contributed by atoms with van der Waals surface area (Å²) in [6, 6.07) is 4.99. The Kier molecular flexibility index (Phi) is 3.88. The molecule has 7 nitrogen and oxygen atoms in total. The number of hydrogen-bond donors (Lipinski definition) is 3. The second kappa shape index (κ2) is 5.61. The number of halogens is 1. The van der Waals surface area contributed by atoms with Crippen LogP contribution in [0.4, 0.5) is 15.8 Å². The number of nitrogen functional groups attached to an aromatic ring is 1. The first-order valence-corrected chi connectivity index (χ1v) is 6.02. The van der Waals surface area contributed by atoms with Gasteiger partial charge in [-0.3, -0.25) is 19.1 Å². The standard InChI is InChI=1S/C13H13FN4O3/c1-7-2-3-8(15)4-10(7)16-11(19)6-18-5-9(14)12(20)17-13(18)21/h2-5H,6,15H2,1H3,(H,16,19)(H,17,20,21). The van der Waals surface area contributed by atoms with Crippen molar-refractivity contribution >= 4 is 17.3 Å². The van der Waals surface area contributed by atoms with Gasteiger partial charge in [0.2, 0.25) is 11.7 Å². The molecule has 110 valence electrons. The molecule has 0 aliphatic heterocycles. The van der Waals surface area contributed by atoms with E-state index >= 15 is 0 Å². The monoisotopic (exact) mass is 292 g/mol. The molecule has 0 spiro atoms. The van der Waals surface area contributed by atoms with Crippen LogP contribution in [-0.4, -0.2) is 15.5 Å². The van der Waals surface area contributed by atoms with E-state index in [2.05, 4.69) is 5.32 Å². The van der Waals surface area contributed by atoms with Crippen LogP contribution >= 0.6 is 0 Å². The van der Waals surface area contributed by atoms with Crippen molar-refractivity contribution in [2.75, 3.05) is 11.1 Å². The van der Waals surface area contributed by atoms with Gasteiger partial charge >= 0.3 is 5.69 Å². The molecule has 0 fully saturated rings. The Hall–Kier alpha value is -2.90. The number of benzene rings is 1. The summed E-state index contributed by atoms with van der Waals surface area (Å²) >= 11 is 0. The van der Waals surface area contributed by atoms with Crippen LogP contribution in [0.5, 0.6) is 0 Å². The largest absolute Gasteiger partial charge is 0.399 e. The Morgan fingerprint density at radius 1 is 1.43 bits per heavy atom. The van der Waals surface area contributed by atoms with Gasteiger partial charge in [-0.1, -0.05) is 6.07 Å². The van der Waals surface area contributed by atoms with Crippen LogP contribution in [0.1, 0.15) is 5.56 Å². The van der Waals surface area contributed by atoms with Gasteiger partial charge in [-0.2, -0.15) is 4.39 Å². The van der Waals surface area contributed by atoms with E-state index in [0.29, 0.717) is 17.6 Å². The molecule has 0 atom stereocenters. The first-order valence-electron chi connectivity index (χ1n) is 6.02. The topological polar surface area (TPSA) is 110 Å². The van der Waals surface area contributed by atoms with Crippen LogP contribution in [-0.2, 0) is 11.3 Å². The van der Waals surface area contributed by atoms with E-state index in [1.807, 2.05) is 0 Å². The number of rotatable bonds is 3. The van der Waals surface area contributed by atoms with Crippen molar-refractivity contribution in [1.29, 1.82) is 0 Å². The molecule has 1 heterocycles. The van der Waals surface area contributed by atoms with Gasteiger partial charge in [0.1, 0.15) is 6.54 Å².